The summed E-state index contributed by atoms with van der Waals surface area (Å²) in [5, 5.41) is 6.64. The topological polar surface area (TPSA) is 81.4 Å². The minimum Gasteiger partial charge on any atom is -0.489 e. The molecule has 0 saturated heterocycles. The zero-order valence-electron chi connectivity index (χ0n) is 16.3. The first kappa shape index (κ1) is 19.4. The van der Waals surface area contributed by atoms with Gasteiger partial charge in [-0.15, -0.1) is 0 Å². The van der Waals surface area contributed by atoms with E-state index in [9.17, 15) is 9.59 Å². The Hall–Kier alpha value is -3.41. The maximum absolute atomic E-state index is 12.6. The standard InChI is InChI=1S/C22H22N2O4/c1-13-5-10-19(11-14(13)2)27-12-20-16(4)28-24-21(20)22(26)23-18-8-6-17(7-9-18)15(3)25/h5-11H,12H2,1-4H3,(H,23,26). The number of hydrogen-bond acceptors (Lipinski definition) is 5. The number of ketones is 1. The van der Waals surface area contributed by atoms with Gasteiger partial charge in [-0.25, -0.2) is 0 Å². The Morgan fingerprint density at radius 2 is 1.75 bits per heavy atom. The van der Waals surface area contributed by atoms with E-state index in [1.54, 1.807) is 31.2 Å². The first-order valence-electron chi connectivity index (χ1n) is 8.92. The van der Waals surface area contributed by atoms with E-state index in [2.05, 4.69) is 10.5 Å². The Morgan fingerprint density at radius 1 is 1.04 bits per heavy atom. The van der Waals surface area contributed by atoms with Crippen LogP contribution in [0.15, 0.2) is 47.0 Å². The maximum Gasteiger partial charge on any atom is 0.278 e. The number of carbonyl (C=O) groups is 2. The lowest BCUT2D eigenvalue weighted by molar-refractivity contribution is 0.101. The second-order valence-electron chi connectivity index (χ2n) is 6.69. The van der Waals surface area contributed by atoms with Crippen LogP contribution in [-0.2, 0) is 6.61 Å². The summed E-state index contributed by atoms with van der Waals surface area (Å²) in [5.41, 5.74) is 4.23. The zero-order chi connectivity index (χ0) is 20.3. The number of aryl methyl sites for hydroxylation is 3. The molecule has 6 heteroatoms. The molecule has 1 N–H and O–H groups in total. The van der Waals surface area contributed by atoms with Gasteiger partial charge in [-0.05, 0) is 75.2 Å². The van der Waals surface area contributed by atoms with Crippen molar-refractivity contribution in [2.45, 2.75) is 34.3 Å². The van der Waals surface area contributed by atoms with E-state index in [4.69, 9.17) is 9.26 Å². The maximum atomic E-state index is 12.6. The molecule has 0 radical (unpaired) electrons. The van der Waals surface area contributed by atoms with E-state index in [-0.39, 0.29) is 18.1 Å². The van der Waals surface area contributed by atoms with Crippen molar-refractivity contribution >= 4 is 17.4 Å². The van der Waals surface area contributed by atoms with Crippen molar-refractivity contribution in [3.63, 3.8) is 0 Å². The van der Waals surface area contributed by atoms with E-state index in [0.29, 0.717) is 22.6 Å². The van der Waals surface area contributed by atoms with Crippen LogP contribution < -0.4 is 10.1 Å². The number of ether oxygens (including phenoxy) is 1. The Labute approximate surface area is 163 Å². The molecule has 1 heterocycles. The first-order valence-corrected chi connectivity index (χ1v) is 8.92. The number of nitrogens with one attached hydrogen (secondary N) is 1. The second-order valence-corrected chi connectivity index (χ2v) is 6.69. The van der Waals surface area contributed by atoms with Crippen LogP contribution in [0.25, 0.3) is 0 Å². The smallest absolute Gasteiger partial charge is 0.278 e. The summed E-state index contributed by atoms with van der Waals surface area (Å²) in [4.78, 5) is 24.0. The third-order valence-electron chi connectivity index (χ3n) is 4.61. The van der Waals surface area contributed by atoms with Gasteiger partial charge in [-0.2, -0.15) is 0 Å². The summed E-state index contributed by atoms with van der Waals surface area (Å²) in [5.74, 6) is 0.817. The Bertz CT molecular complexity index is 1020. The summed E-state index contributed by atoms with van der Waals surface area (Å²) in [6, 6.07) is 12.5. The lowest BCUT2D eigenvalue weighted by Crippen LogP contribution is -2.15. The summed E-state index contributed by atoms with van der Waals surface area (Å²) >= 11 is 0. The SMILES string of the molecule is CC(=O)c1ccc(NC(=O)c2noc(C)c2COc2ccc(C)c(C)c2)cc1. The Morgan fingerprint density at radius 3 is 2.39 bits per heavy atom. The molecule has 0 atom stereocenters. The van der Waals surface area contributed by atoms with Crippen LogP contribution in [0.2, 0.25) is 0 Å². The molecule has 0 spiro atoms. The van der Waals surface area contributed by atoms with Gasteiger partial charge in [0.25, 0.3) is 5.91 Å². The summed E-state index contributed by atoms with van der Waals surface area (Å²) < 4.78 is 11.0. The van der Waals surface area contributed by atoms with Crippen molar-refractivity contribution in [1.29, 1.82) is 0 Å². The number of hydrogen-bond donors (Lipinski definition) is 1. The van der Waals surface area contributed by atoms with Crippen LogP contribution in [0.1, 0.15) is 50.2 Å². The highest BCUT2D eigenvalue weighted by Gasteiger charge is 2.20. The fraction of sp³-hybridized carbons (Fsp3) is 0.227. The van der Waals surface area contributed by atoms with E-state index in [1.807, 2.05) is 32.0 Å². The fourth-order valence-electron chi connectivity index (χ4n) is 2.68. The molecule has 28 heavy (non-hydrogen) atoms. The monoisotopic (exact) mass is 378 g/mol. The zero-order valence-corrected chi connectivity index (χ0v) is 16.3. The molecule has 0 aliphatic heterocycles. The van der Waals surface area contributed by atoms with Gasteiger partial charge in [0.1, 0.15) is 18.1 Å². The first-order chi connectivity index (χ1) is 13.3. The number of amides is 1. The predicted molar refractivity (Wildman–Crippen MR) is 106 cm³/mol. The van der Waals surface area contributed by atoms with Gasteiger partial charge >= 0.3 is 0 Å². The highest BCUT2D eigenvalue weighted by Crippen LogP contribution is 2.21. The van der Waals surface area contributed by atoms with E-state index in [1.165, 1.54) is 12.5 Å². The number of aromatic nitrogens is 1. The van der Waals surface area contributed by atoms with Crippen molar-refractivity contribution in [1.82, 2.24) is 5.16 Å². The average Bonchev–Trinajstić information content (AvgIpc) is 3.04. The van der Waals surface area contributed by atoms with Crippen LogP contribution in [0.3, 0.4) is 0 Å². The average molecular weight is 378 g/mol. The van der Waals surface area contributed by atoms with Gasteiger partial charge in [0, 0.05) is 11.3 Å². The Balaban J connectivity index is 1.73. The molecule has 144 valence electrons. The van der Waals surface area contributed by atoms with Crippen LogP contribution in [0, 0.1) is 20.8 Å². The molecule has 0 aliphatic carbocycles. The molecule has 6 nitrogen and oxygen atoms in total. The summed E-state index contributed by atoms with van der Waals surface area (Å²) in [7, 11) is 0. The lowest BCUT2D eigenvalue weighted by Gasteiger charge is -2.09. The minimum atomic E-state index is -0.397. The number of carbonyl (C=O) groups excluding carboxylic acids is 2. The number of anilines is 1. The van der Waals surface area contributed by atoms with E-state index in [0.717, 1.165) is 11.3 Å². The van der Waals surface area contributed by atoms with Gasteiger partial charge in [-0.1, -0.05) is 11.2 Å². The molecular weight excluding hydrogens is 356 g/mol. The summed E-state index contributed by atoms with van der Waals surface area (Å²) in [6.45, 7) is 7.46. The Kier molecular flexibility index (Phi) is 5.59. The predicted octanol–water partition coefficient (Wildman–Crippen LogP) is 4.63. The molecule has 0 fully saturated rings. The van der Waals surface area contributed by atoms with Gasteiger partial charge in [0.15, 0.2) is 11.5 Å². The number of benzene rings is 2. The second kappa shape index (κ2) is 8.08. The highest BCUT2D eigenvalue weighted by atomic mass is 16.5. The molecule has 1 amide bonds. The minimum absolute atomic E-state index is 0.0317. The number of rotatable bonds is 6. The molecule has 1 aromatic heterocycles. The van der Waals surface area contributed by atoms with Crippen molar-refractivity contribution < 1.29 is 18.8 Å². The molecule has 3 aromatic rings. The van der Waals surface area contributed by atoms with E-state index < -0.39 is 5.91 Å². The van der Waals surface area contributed by atoms with Crippen LogP contribution in [0.4, 0.5) is 5.69 Å². The molecular formula is C22H22N2O4. The molecule has 3 rings (SSSR count). The third kappa shape index (κ3) is 4.28. The van der Waals surface area contributed by atoms with Gasteiger partial charge in [0.2, 0.25) is 0 Å². The molecule has 0 saturated carbocycles. The van der Waals surface area contributed by atoms with Crippen molar-refractivity contribution in [2.75, 3.05) is 5.32 Å². The van der Waals surface area contributed by atoms with Crippen LogP contribution in [0.5, 0.6) is 5.75 Å². The highest BCUT2D eigenvalue weighted by molar-refractivity contribution is 6.04. The van der Waals surface area contributed by atoms with Crippen molar-refractivity contribution in [3.8, 4) is 5.75 Å². The molecule has 0 unspecified atom stereocenters. The summed E-state index contributed by atoms with van der Waals surface area (Å²) in [6.07, 6.45) is 0. The normalized spacial score (nSPS) is 10.6. The number of nitrogens with zero attached hydrogens (tertiary/aromatic N) is 1. The van der Waals surface area contributed by atoms with Crippen molar-refractivity contribution in [3.05, 3.63) is 76.2 Å². The molecule has 0 aliphatic rings. The van der Waals surface area contributed by atoms with Crippen molar-refractivity contribution in [2.24, 2.45) is 0 Å². The molecule has 0 bridgehead atoms. The number of Topliss-reactive ketones (excluding diaryl/α,β-unsaturated/α-hetero) is 1. The van der Waals surface area contributed by atoms with E-state index >= 15 is 0 Å². The van der Waals surface area contributed by atoms with Crippen LogP contribution in [-0.4, -0.2) is 16.8 Å². The molecule has 2 aromatic carbocycles. The van der Waals surface area contributed by atoms with Gasteiger partial charge in [0.05, 0.1) is 5.56 Å². The third-order valence-corrected chi connectivity index (χ3v) is 4.61. The largest absolute Gasteiger partial charge is 0.489 e. The van der Waals surface area contributed by atoms with Gasteiger partial charge < -0.3 is 14.6 Å². The van der Waals surface area contributed by atoms with Crippen LogP contribution >= 0.6 is 0 Å². The lowest BCUT2D eigenvalue weighted by atomic mass is 10.1. The van der Waals surface area contributed by atoms with Gasteiger partial charge in [-0.3, -0.25) is 9.59 Å². The quantitative estimate of drug-likeness (QED) is 0.632. The fourth-order valence-corrected chi connectivity index (χ4v) is 2.68.